The predicted octanol–water partition coefficient (Wildman–Crippen LogP) is 3.32. The largest absolute Gasteiger partial charge is 0.497 e. The highest BCUT2D eigenvalue weighted by atomic mass is 32.1. The number of aromatic nitrogens is 2. The fourth-order valence-electron chi connectivity index (χ4n) is 2.43. The highest BCUT2D eigenvalue weighted by Gasteiger charge is 2.21. The van der Waals surface area contributed by atoms with Gasteiger partial charge in [0.25, 0.3) is 0 Å². The Bertz CT molecular complexity index is 922. The maximum atomic E-state index is 5.31. The molecule has 0 bridgehead atoms. The molecule has 2 heterocycles. The summed E-state index contributed by atoms with van der Waals surface area (Å²) in [5.74, 6) is 1.54. The summed E-state index contributed by atoms with van der Waals surface area (Å²) in [5.41, 5.74) is 8.07. The lowest BCUT2D eigenvalue weighted by atomic mass is 10.2. The normalized spacial score (nSPS) is 13.5. The first kappa shape index (κ1) is 16.0. The van der Waals surface area contributed by atoms with Gasteiger partial charge in [-0.05, 0) is 48.8 Å². The van der Waals surface area contributed by atoms with Gasteiger partial charge in [0.1, 0.15) is 12.1 Å². The van der Waals surface area contributed by atoms with Crippen LogP contribution in [-0.4, -0.2) is 28.2 Å². The van der Waals surface area contributed by atoms with Crippen molar-refractivity contribution < 1.29 is 4.74 Å². The van der Waals surface area contributed by atoms with E-state index >= 15 is 0 Å². The van der Waals surface area contributed by atoms with E-state index in [4.69, 9.17) is 17.0 Å². The average Bonchev–Trinajstić information content (AvgIpc) is 3.33. The van der Waals surface area contributed by atoms with Crippen molar-refractivity contribution in [1.29, 1.82) is 0 Å². The third-order valence-electron chi connectivity index (χ3n) is 3.87. The van der Waals surface area contributed by atoms with Crippen molar-refractivity contribution in [2.75, 3.05) is 12.5 Å². The lowest BCUT2D eigenvalue weighted by Crippen LogP contribution is -2.40. The van der Waals surface area contributed by atoms with Gasteiger partial charge in [-0.25, -0.2) is 9.97 Å². The number of benzene rings is 1. The molecule has 6 nitrogen and oxygen atoms in total. The number of thiophene rings is 1. The number of methoxy groups -OCH3 is 1. The van der Waals surface area contributed by atoms with Crippen LogP contribution in [0.4, 0.5) is 5.82 Å². The molecule has 3 aromatic rings. The predicted molar refractivity (Wildman–Crippen MR) is 105 cm³/mol. The number of rotatable bonds is 5. The van der Waals surface area contributed by atoms with E-state index in [0.29, 0.717) is 17.0 Å². The molecular weight excluding hydrogens is 354 g/mol. The standard InChI is InChI=1S/C17H17N5OS2/c1-23-12-4-2-3-10(7-12)14-8-13-15(25-14)16(19-9-18-13)21-22-17(24)20-11-5-6-11/h2-4,7-9,11H,5-6H2,1H3,(H,18,19,21)(H2,20,22,24). The van der Waals surface area contributed by atoms with Gasteiger partial charge in [-0.15, -0.1) is 11.3 Å². The molecular formula is C17H17N5OS2. The van der Waals surface area contributed by atoms with Crippen molar-refractivity contribution in [3.05, 3.63) is 36.7 Å². The van der Waals surface area contributed by atoms with Crippen LogP contribution in [0.5, 0.6) is 5.75 Å². The van der Waals surface area contributed by atoms with E-state index < -0.39 is 0 Å². The van der Waals surface area contributed by atoms with Crippen LogP contribution in [0.3, 0.4) is 0 Å². The van der Waals surface area contributed by atoms with Crippen LogP contribution in [0.25, 0.3) is 20.7 Å². The minimum absolute atomic E-state index is 0.508. The summed E-state index contributed by atoms with van der Waals surface area (Å²) in [6.07, 6.45) is 3.90. The Morgan fingerprint density at radius 3 is 2.96 bits per heavy atom. The molecule has 0 radical (unpaired) electrons. The molecule has 2 aromatic heterocycles. The second-order valence-corrected chi connectivity index (χ2v) is 7.24. The molecule has 0 aliphatic heterocycles. The van der Waals surface area contributed by atoms with Crippen molar-refractivity contribution in [3.63, 3.8) is 0 Å². The molecule has 0 amide bonds. The summed E-state index contributed by atoms with van der Waals surface area (Å²) in [6.45, 7) is 0. The Kier molecular flexibility index (Phi) is 4.37. The average molecular weight is 371 g/mol. The maximum Gasteiger partial charge on any atom is 0.185 e. The highest BCUT2D eigenvalue weighted by Crippen LogP contribution is 2.36. The van der Waals surface area contributed by atoms with Crippen LogP contribution < -0.4 is 20.9 Å². The van der Waals surface area contributed by atoms with E-state index in [1.54, 1.807) is 24.8 Å². The Labute approximate surface area is 154 Å². The van der Waals surface area contributed by atoms with Gasteiger partial charge in [-0.3, -0.25) is 10.9 Å². The Balaban J connectivity index is 1.58. The summed E-state index contributed by atoms with van der Waals surface area (Å²) >= 11 is 6.89. The first-order valence-electron chi connectivity index (χ1n) is 7.94. The van der Waals surface area contributed by atoms with Gasteiger partial charge in [-0.2, -0.15) is 0 Å². The van der Waals surface area contributed by atoms with E-state index in [9.17, 15) is 0 Å². The lowest BCUT2D eigenvalue weighted by molar-refractivity contribution is 0.415. The van der Waals surface area contributed by atoms with E-state index in [1.807, 2.05) is 18.2 Å². The van der Waals surface area contributed by atoms with Crippen molar-refractivity contribution >= 4 is 44.7 Å². The van der Waals surface area contributed by atoms with Gasteiger partial charge in [-0.1, -0.05) is 12.1 Å². The first-order chi connectivity index (χ1) is 12.2. The van der Waals surface area contributed by atoms with Crippen LogP contribution in [0.2, 0.25) is 0 Å². The van der Waals surface area contributed by atoms with Crippen molar-refractivity contribution in [2.24, 2.45) is 0 Å². The summed E-state index contributed by atoms with van der Waals surface area (Å²) in [4.78, 5) is 9.80. The SMILES string of the molecule is COc1cccc(-c2cc3ncnc(NNC(=S)NC4CC4)c3s2)c1. The zero-order chi connectivity index (χ0) is 17.2. The molecule has 1 aliphatic rings. The number of hydrogen-bond acceptors (Lipinski definition) is 6. The fraction of sp³-hybridized carbons (Fsp3) is 0.235. The van der Waals surface area contributed by atoms with Crippen LogP contribution in [0, 0.1) is 0 Å². The number of hydrogen-bond donors (Lipinski definition) is 3. The molecule has 1 fully saturated rings. The Hall–Kier alpha value is -2.45. The minimum Gasteiger partial charge on any atom is -0.497 e. The molecule has 1 aromatic carbocycles. The van der Waals surface area contributed by atoms with Crippen LogP contribution in [-0.2, 0) is 0 Å². The molecule has 3 N–H and O–H groups in total. The van der Waals surface area contributed by atoms with Crippen molar-refractivity contribution in [3.8, 4) is 16.2 Å². The Morgan fingerprint density at radius 2 is 2.16 bits per heavy atom. The van der Waals surface area contributed by atoms with Gasteiger partial charge in [0.15, 0.2) is 10.9 Å². The Morgan fingerprint density at radius 1 is 1.28 bits per heavy atom. The number of thiocarbonyl (C=S) groups is 1. The van der Waals surface area contributed by atoms with Gasteiger partial charge in [0.05, 0.1) is 17.3 Å². The number of ether oxygens (including phenoxy) is 1. The quantitative estimate of drug-likeness (QED) is 0.469. The summed E-state index contributed by atoms with van der Waals surface area (Å²) in [5, 5.41) is 3.80. The second kappa shape index (κ2) is 6.81. The number of nitrogens with one attached hydrogen (secondary N) is 3. The van der Waals surface area contributed by atoms with Crippen molar-refractivity contribution in [1.82, 2.24) is 20.7 Å². The monoisotopic (exact) mass is 371 g/mol. The molecule has 1 saturated carbocycles. The van der Waals surface area contributed by atoms with Gasteiger partial charge in [0.2, 0.25) is 0 Å². The molecule has 25 heavy (non-hydrogen) atoms. The molecule has 0 atom stereocenters. The zero-order valence-electron chi connectivity index (χ0n) is 13.6. The number of nitrogens with zero attached hydrogens (tertiary/aromatic N) is 2. The molecule has 0 saturated heterocycles. The molecule has 0 unspecified atom stereocenters. The topological polar surface area (TPSA) is 71.1 Å². The summed E-state index contributed by atoms with van der Waals surface area (Å²) < 4.78 is 6.28. The van der Waals surface area contributed by atoms with Gasteiger partial charge < -0.3 is 10.1 Å². The van der Waals surface area contributed by atoms with Crippen LogP contribution in [0.1, 0.15) is 12.8 Å². The fourth-order valence-corrected chi connectivity index (χ4v) is 3.70. The molecule has 1 aliphatic carbocycles. The second-order valence-electron chi connectivity index (χ2n) is 5.78. The third-order valence-corrected chi connectivity index (χ3v) is 5.27. The zero-order valence-corrected chi connectivity index (χ0v) is 15.2. The van der Waals surface area contributed by atoms with E-state index in [0.717, 1.165) is 26.4 Å². The molecule has 128 valence electrons. The van der Waals surface area contributed by atoms with E-state index in [-0.39, 0.29) is 0 Å². The van der Waals surface area contributed by atoms with Crippen LogP contribution in [0.15, 0.2) is 36.7 Å². The smallest absolute Gasteiger partial charge is 0.185 e. The van der Waals surface area contributed by atoms with Crippen LogP contribution >= 0.6 is 23.6 Å². The van der Waals surface area contributed by atoms with Gasteiger partial charge >= 0.3 is 0 Å². The molecule has 0 spiro atoms. The third kappa shape index (κ3) is 3.64. The molecule has 8 heteroatoms. The summed E-state index contributed by atoms with van der Waals surface area (Å²) in [6, 6.07) is 10.5. The maximum absolute atomic E-state index is 5.31. The van der Waals surface area contributed by atoms with Gasteiger partial charge in [0, 0.05) is 10.9 Å². The summed E-state index contributed by atoms with van der Waals surface area (Å²) in [7, 11) is 1.67. The first-order valence-corrected chi connectivity index (χ1v) is 9.17. The van der Waals surface area contributed by atoms with Crippen molar-refractivity contribution in [2.45, 2.75) is 18.9 Å². The molecule has 4 rings (SSSR count). The number of hydrazine groups is 1. The minimum atomic E-state index is 0.508. The number of fused-ring (bicyclic) bond motifs is 1. The van der Waals surface area contributed by atoms with E-state index in [1.165, 1.54) is 12.8 Å². The highest BCUT2D eigenvalue weighted by molar-refractivity contribution is 7.80. The lowest BCUT2D eigenvalue weighted by Gasteiger charge is -2.11. The van der Waals surface area contributed by atoms with E-state index in [2.05, 4.69) is 38.3 Å². The number of anilines is 1.